The first-order valence-electron chi connectivity index (χ1n) is 11.4. The molecule has 0 bridgehead atoms. The van der Waals surface area contributed by atoms with Gasteiger partial charge in [0.2, 0.25) is 11.8 Å². The van der Waals surface area contributed by atoms with Gasteiger partial charge in [-0.3, -0.25) is 14.4 Å². The summed E-state index contributed by atoms with van der Waals surface area (Å²) in [6.07, 6.45) is 0.139. The van der Waals surface area contributed by atoms with Crippen molar-refractivity contribution in [1.29, 1.82) is 0 Å². The van der Waals surface area contributed by atoms with Crippen LogP contribution in [-0.4, -0.2) is 24.3 Å². The summed E-state index contributed by atoms with van der Waals surface area (Å²) in [6, 6.07) is 20.8. The van der Waals surface area contributed by atoms with Crippen LogP contribution < -0.4 is 15.5 Å². The number of para-hydroxylation sites is 1. The van der Waals surface area contributed by atoms with E-state index < -0.39 is 5.92 Å². The van der Waals surface area contributed by atoms with Crippen LogP contribution in [0, 0.1) is 26.7 Å². The molecule has 4 rings (SSSR count). The molecule has 1 atom stereocenters. The summed E-state index contributed by atoms with van der Waals surface area (Å²) in [6.45, 7) is 6.70. The Hall–Kier alpha value is -3.93. The molecule has 0 saturated carbocycles. The summed E-state index contributed by atoms with van der Waals surface area (Å²) < 4.78 is 0. The fraction of sp³-hybridized carbons (Fsp3) is 0.250. The van der Waals surface area contributed by atoms with Crippen LogP contribution in [0.5, 0.6) is 0 Å². The van der Waals surface area contributed by atoms with Crippen LogP contribution in [0.15, 0.2) is 66.7 Å². The molecule has 6 heteroatoms. The van der Waals surface area contributed by atoms with Crippen molar-refractivity contribution in [3.8, 4) is 0 Å². The first-order valence-corrected chi connectivity index (χ1v) is 11.4. The third-order valence-electron chi connectivity index (χ3n) is 6.02. The average molecular weight is 456 g/mol. The maximum atomic E-state index is 13.0. The van der Waals surface area contributed by atoms with Crippen molar-refractivity contribution in [2.45, 2.75) is 33.7 Å². The Kier molecular flexibility index (Phi) is 6.77. The number of aryl methyl sites for hydroxylation is 3. The largest absolute Gasteiger partial charge is 0.348 e. The van der Waals surface area contributed by atoms with E-state index in [0.717, 1.165) is 27.9 Å². The van der Waals surface area contributed by atoms with Gasteiger partial charge in [0.1, 0.15) is 0 Å². The number of nitrogens with one attached hydrogen (secondary N) is 2. The predicted molar refractivity (Wildman–Crippen MR) is 134 cm³/mol. The Balaban J connectivity index is 1.43. The molecule has 0 radical (unpaired) electrons. The van der Waals surface area contributed by atoms with Crippen molar-refractivity contribution in [2.24, 2.45) is 5.92 Å². The van der Waals surface area contributed by atoms with E-state index in [1.165, 1.54) is 0 Å². The van der Waals surface area contributed by atoms with Crippen LogP contribution in [-0.2, 0) is 16.1 Å². The predicted octanol–water partition coefficient (Wildman–Crippen LogP) is 4.53. The summed E-state index contributed by atoms with van der Waals surface area (Å²) >= 11 is 0. The van der Waals surface area contributed by atoms with Gasteiger partial charge in [-0.1, -0.05) is 48.0 Å². The maximum Gasteiger partial charge on any atom is 0.253 e. The van der Waals surface area contributed by atoms with Crippen molar-refractivity contribution in [2.75, 3.05) is 16.8 Å². The molecule has 1 aliphatic heterocycles. The molecule has 3 amide bonds. The summed E-state index contributed by atoms with van der Waals surface area (Å²) in [5, 5.41) is 5.79. The Morgan fingerprint density at radius 3 is 2.29 bits per heavy atom. The molecular weight excluding hydrogens is 426 g/mol. The van der Waals surface area contributed by atoms with Crippen molar-refractivity contribution in [3.05, 3.63) is 94.5 Å². The number of rotatable bonds is 6. The lowest BCUT2D eigenvalue weighted by Crippen LogP contribution is -2.29. The summed E-state index contributed by atoms with van der Waals surface area (Å²) in [5.74, 6) is -1.10. The summed E-state index contributed by atoms with van der Waals surface area (Å²) in [5.41, 5.74) is 5.93. The quantitative estimate of drug-likeness (QED) is 0.573. The van der Waals surface area contributed by atoms with E-state index in [0.29, 0.717) is 24.3 Å². The summed E-state index contributed by atoms with van der Waals surface area (Å²) in [4.78, 5) is 40.2. The molecule has 1 aliphatic rings. The Morgan fingerprint density at radius 2 is 1.59 bits per heavy atom. The number of anilines is 2. The van der Waals surface area contributed by atoms with E-state index in [1.807, 2.05) is 57.2 Å². The number of hydrogen-bond acceptors (Lipinski definition) is 3. The van der Waals surface area contributed by atoms with Gasteiger partial charge < -0.3 is 15.5 Å². The number of carbonyl (C=O) groups is 3. The molecule has 6 nitrogen and oxygen atoms in total. The number of hydrogen-bond donors (Lipinski definition) is 2. The van der Waals surface area contributed by atoms with Gasteiger partial charge in [0.25, 0.3) is 5.91 Å². The molecule has 1 saturated heterocycles. The van der Waals surface area contributed by atoms with Crippen LogP contribution in [0.4, 0.5) is 11.4 Å². The van der Waals surface area contributed by atoms with Gasteiger partial charge >= 0.3 is 0 Å². The maximum absolute atomic E-state index is 13.0. The molecule has 3 aromatic carbocycles. The van der Waals surface area contributed by atoms with Crippen LogP contribution in [0.3, 0.4) is 0 Å². The second kappa shape index (κ2) is 9.91. The molecule has 34 heavy (non-hydrogen) atoms. The van der Waals surface area contributed by atoms with Gasteiger partial charge in [-0.2, -0.15) is 0 Å². The molecule has 174 valence electrons. The van der Waals surface area contributed by atoms with Gasteiger partial charge in [0, 0.05) is 25.2 Å². The monoisotopic (exact) mass is 455 g/mol. The topological polar surface area (TPSA) is 78.5 Å². The van der Waals surface area contributed by atoms with Gasteiger partial charge in [-0.25, -0.2) is 0 Å². The molecule has 1 heterocycles. The van der Waals surface area contributed by atoms with E-state index in [9.17, 15) is 14.4 Å². The highest BCUT2D eigenvalue weighted by Gasteiger charge is 2.35. The second-order valence-electron chi connectivity index (χ2n) is 8.95. The van der Waals surface area contributed by atoms with Crippen LogP contribution in [0.1, 0.15) is 39.0 Å². The second-order valence-corrected chi connectivity index (χ2v) is 8.95. The highest BCUT2D eigenvalue weighted by molar-refractivity contribution is 6.07. The third-order valence-corrected chi connectivity index (χ3v) is 6.02. The smallest absolute Gasteiger partial charge is 0.253 e. The van der Waals surface area contributed by atoms with Crippen molar-refractivity contribution < 1.29 is 14.4 Å². The molecule has 0 spiro atoms. The molecule has 1 unspecified atom stereocenters. The van der Waals surface area contributed by atoms with E-state index in [1.54, 1.807) is 29.2 Å². The molecule has 2 N–H and O–H groups in total. The lowest BCUT2D eigenvalue weighted by Gasteiger charge is -2.18. The average Bonchev–Trinajstić information content (AvgIpc) is 3.20. The molecule has 0 aromatic heterocycles. The first-order chi connectivity index (χ1) is 16.3. The molecule has 1 fully saturated rings. The zero-order valence-electron chi connectivity index (χ0n) is 19.7. The van der Waals surface area contributed by atoms with Crippen LogP contribution >= 0.6 is 0 Å². The van der Waals surface area contributed by atoms with Gasteiger partial charge in [-0.15, -0.1) is 0 Å². The van der Waals surface area contributed by atoms with E-state index in [2.05, 4.69) is 16.7 Å². The third kappa shape index (κ3) is 5.34. The van der Waals surface area contributed by atoms with Gasteiger partial charge in [-0.05, 0) is 61.7 Å². The summed E-state index contributed by atoms with van der Waals surface area (Å²) in [7, 11) is 0. The minimum atomic E-state index is -0.489. The zero-order valence-corrected chi connectivity index (χ0v) is 19.7. The highest BCUT2D eigenvalue weighted by atomic mass is 16.2. The molecular formula is C28H29N3O3. The van der Waals surface area contributed by atoms with Crippen LogP contribution in [0.2, 0.25) is 0 Å². The van der Waals surface area contributed by atoms with Gasteiger partial charge in [0.15, 0.2) is 0 Å². The van der Waals surface area contributed by atoms with Crippen LogP contribution in [0.25, 0.3) is 0 Å². The normalized spacial score (nSPS) is 15.3. The lowest BCUT2D eigenvalue weighted by atomic mass is 10.1. The fourth-order valence-corrected chi connectivity index (χ4v) is 4.25. The van der Waals surface area contributed by atoms with Crippen molar-refractivity contribution >= 4 is 29.1 Å². The van der Waals surface area contributed by atoms with Crippen molar-refractivity contribution in [1.82, 2.24) is 5.32 Å². The Morgan fingerprint density at radius 1 is 0.912 bits per heavy atom. The Labute approximate surface area is 200 Å². The zero-order chi connectivity index (χ0) is 24.2. The van der Waals surface area contributed by atoms with Gasteiger partial charge in [0.05, 0.1) is 17.2 Å². The van der Waals surface area contributed by atoms with Crippen molar-refractivity contribution in [3.63, 3.8) is 0 Å². The molecule has 3 aromatic rings. The van der Waals surface area contributed by atoms with E-state index in [4.69, 9.17) is 0 Å². The lowest BCUT2D eigenvalue weighted by molar-refractivity contribution is -0.122. The minimum absolute atomic E-state index is 0.0747. The number of amides is 3. The number of benzene rings is 3. The highest BCUT2D eigenvalue weighted by Crippen LogP contribution is 2.28. The first kappa shape index (κ1) is 23.2. The standard InChI is InChI=1S/C28H29N3O3/c1-18-8-10-21(11-9-18)16-29-28(34)24-6-4-5-7-25(24)30-27(33)22-15-26(32)31(17-22)23-13-19(2)12-20(3)14-23/h4-14,22H,15-17H2,1-3H3,(H,29,34)(H,30,33). The molecule has 0 aliphatic carbocycles. The Bertz CT molecular complexity index is 1210. The minimum Gasteiger partial charge on any atom is -0.348 e. The van der Waals surface area contributed by atoms with E-state index >= 15 is 0 Å². The number of carbonyl (C=O) groups excluding carboxylic acids is 3. The fourth-order valence-electron chi connectivity index (χ4n) is 4.25. The number of nitrogens with zero attached hydrogens (tertiary/aromatic N) is 1. The van der Waals surface area contributed by atoms with E-state index in [-0.39, 0.29) is 24.1 Å². The SMILES string of the molecule is Cc1ccc(CNC(=O)c2ccccc2NC(=O)C2CC(=O)N(c3cc(C)cc(C)c3)C2)cc1.